The molecule has 1 aromatic rings. The molecular formula is C8H14FN5. The Labute approximate surface area is 82.1 Å². The summed E-state index contributed by atoms with van der Waals surface area (Å²) >= 11 is 0. The molecule has 0 spiro atoms. The van der Waals surface area contributed by atoms with Gasteiger partial charge in [0.05, 0.1) is 6.20 Å². The van der Waals surface area contributed by atoms with E-state index in [1.807, 2.05) is 19.0 Å². The molecular weight excluding hydrogens is 185 g/mol. The van der Waals surface area contributed by atoms with Gasteiger partial charge in [0.2, 0.25) is 5.95 Å². The Morgan fingerprint density at radius 3 is 2.86 bits per heavy atom. The fourth-order valence-corrected chi connectivity index (χ4v) is 0.857. The first kappa shape index (κ1) is 10.6. The lowest BCUT2D eigenvalue weighted by Crippen LogP contribution is -2.21. The Hall–Kier alpha value is -1.43. The summed E-state index contributed by atoms with van der Waals surface area (Å²) in [5, 5.41) is 2.93. The lowest BCUT2D eigenvalue weighted by molar-refractivity contribution is 0.425. The fourth-order valence-electron chi connectivity index (χ4n) is 0.857. The highest BCUT2D eigenvalue weighted by molar-refractivity contribution is 5.36. The second kappa shape index (κ2) is 4.71. The van der Waals surface area contributed by atoms with Crippen molar-refractivity contribution >= 4 is 11.8 Å². The largest absolute Gasteiger partial charge is 0.381 e. The number of nitrogens with one attached hydrogen (secondary N) is 1. The minimum Gasteiger partial charge on any atom is -0.381 e. The maximum atomic E-state index is 12.7. The summed E-state index contributed by atoms with van der Waals surface area (Å²) in [4.78, 5) is 9.49. The highest BCUT2D eigenvalue weighted by atomic mass is 19.1. The zero-order chi connectivity index (χ0) is 10.6. The molecule has 14 heavy (non-hydrogen) atoms. The van der Waals surface area contributed by atoms with Gasteiger partial charge in [0.1, 0.15) is 0 Å². The van der Waals surface area contributed by atoms with Crippen LogP contribution < -0.4 is 11.1 Å². The van der Waals surface area contributed by atoms with Gasteiger partial charge in [-0.3, -0.25) is 0 Å². The van der Waals surface area contributed by atoms with Crippen LogP contribution in [-0.2, 0) is 0 Å². The van der Waals surface area contributed by atoms with Crippen molar-refractivity contribution in [1.29, 1.82) is 0 Å². The molecule has 3 N–H and O–H groups in total. The van der Waals surface area contributed by atoms with Crippen LogP contribution in [0.25, 0.3) is 0 Å². The Bertz CT molecular complexity index is 302. The highest BCUT2D eigenvalue weighted by Gasteiger charge is 2.01. The van der Waals surface area contributed by atoms with Crippen LogP contribution >= 0.6 is 0 Å². The first-order chi connectivity index (χ1) is 6.59. The molecule has 0 radical (unpaired) electrons. The number of hydrogen-bond acceptors (Lipinski definition) is 5. The third-order valence-electron chi connectivity index (χ3n) is 1.61. The summed E-state index contributed by atoms with van der Waals surface area (Å²) in [5.41, 5.74) is 5.28. The SMILES string of the molecule is CN(C)CCNc1ncc(F)c(N)n1. The van der Waals surface area contributed by atoms with Crippen LogP contribution in [0.3, 0.4) is 0 Å². The van der Waals surface area contributed by atoms with E-state index in [4.69, 9.17) is 5.73 Å². The number of aromatic nitrogens is 2. The molecule has 1 rings (SSSR count). The Kier molecular flexibility index (Phi) is 3.58. The van der Waals surface area contributed by atoms with Crippen molar-refractivity contribution in [3.63, 3.8) is 0 Å². The standard InChI is InChI=1S/C8H14FN5/c1-14(2)4-3-11-8-12-5-6(9)7(10)13-8/h5H,3-4H2,1-2H3,(H3,10,11,12,13). The highest BCUT2D eigenvalue weighted by Crippen LogP contribution is 2.06. The molecule has 1 aromatic heterocycles. The first-order valence-corrected chi connectivity index (χ1v) is 4.26. The molecule has 0 fully saturated rings. The zero-order valence-electron chi connectivity index (χ0n) is 8.29. The summed E-state index contributed by atoms with van der Waals surface area (Å²) in [6, 6.07) is 0. The molecule has 5 nitrogen and oxygen atoms in total. The number of anilines is 2. The first-order valence-electron chi connectivity index (χ1n) is 4.26. The average Bonchev–Trinajstić information content (AvgIpc) is 2.10. The van der Waals surface area contributed by atoms with E-state index in [0.29, 0.717) is 12.5 Å². The summed E-state index contributed by atoms with van der Waals surface area (Å²) in [5.74, 6) is -0.374. The van der Waals surface area contributed by atoms with Gasteiger partial charge in [-0.1, -0.05) is 0 Å². The number of hydrogen-bond donors (Lipinski definition) is 2. The summed E-state index contributed by atoms with van der Waals surface area (Å²) in [6.45, 7) is 1.54. The quantitative estimate of drug-likeness (QED) is 0.723. The molecule has 1 heterocycles. The second-order valence-corrected chi connectivity index (χ2v) is 3.16. The summed E-state index contributed by atoms with van der Waals surface area (Å²) in [7, 11) is 3.92. The van der Waals surface area contributed by atoms with Crippen molar-refractivity contribution in [2.24, 2.45) is 0 Å². The predicted molar refractivity (Wildman–Crippen MR) is 53.4 cm³/mol. The average molecular weight is 199 g/mol. The van der Waals surface area contributed by atoms with Gasteiger partial charge < -0.3 is 16.0 Å². The van der Waals surface area contributed by atoms with Gasteiger partial charge in [0, 0.05) is 13.1 Å². The molecule has 0 aliphatic rings. The van der Waals surface area contributed by atoms with E-state index in [-0.39, 0.29) is 5.82 Å². The number of nitrogens with zero attached hydrogens (tertiary/aromatic N) is 3. The van der Waals surface area contributed by atoms with Crippen LogP contribution in [0.2, 0.25) is 0 Å². The van der Waals surface area contributed by atoms with Gasteiger partial charge in [-0.25, -0.2) is 9.37 Å². The van der Waals surface area contributed by atoms with Crippen LogP contribution in [0, 0.1) is 5.82 Å². The van der Waals surface area contributed by atoms with E-state index in [1.54, 1.807) is 0 Å². The maximum absolute atomic E-state index is 12.7. The van der Waals surface area contributed by atoms with Crippen LogP contribution in [0.4, 0.5) is 16.2 Å². The van der Waals surface area contributed by atoms with Gasteiger partial charge >= 0.3 is 0 Å². The summed E-state index contributed by atoms with van der Waals surface area (Å²) in [6.07, 6.45) is 1.06. The number of halogens is 1. The van der Waals surface area contributed by atoms with E-state index < -0.39 is 5.82 Å². The molecule has 0 aromatic carbocycles. The Morgan fingerprint density at radius 2 is 2.29 bits per heavy atom. The fraction of sp³-hybridized carbons (Fsp3) is 0.500. The lowest BCUT2D eigenvalue weighted by atomic mass is 10.5. The van der Waals surface area contributed by atoms with Gasteiger partial charge in [-0.05, 0) is 14.1 Å². The van der Waals surface area contributed by atoms with Crippen molar-refractivity contribution in [3.05, 3.63) is 12.0 Å². The normalized spacial score (nSPS) is 10.6. The molecule has 0 amide bonds. The second-order valence-electron chi connectivity index (χ2n) is 3.16. The molecule has 0 aliphatic carbocycles. The Balaban J connectivity index is 2.47. The van der Waals surface area contributed by atoms with E-state index in [1.165, 1.54) is 0 Å². The molecule has 0 bridgehead atoms. The predicted octanol–water partition coefficient (Wildman–Crippen LogP) is 0.171. The monoisotopic (exact) mass is 199 g/mol. The van der Waals surface area contributed by atoms with E-state index in [0.717, 1.165) is 12.7 Å². The summed E-state index contributed by atoms with van der Waals surface area (Å²) < 4.78 is 12.7. The third kappa shape index (κ3) is 3.14. The number of likely N-dealkylation sites (N-methyl/N-ethyl adjacent to an activating group) is 1. The van der Waals surface area contributed by atoms with Gasteiger partial charge in [0.25, 0.3) is 0 Å². The van der Waals surface area contributed by atoms with Crippen molar-refractivity contribution in [2.45, 2.75) is 0 Å². The minimum atomic E-state index is -0.594. The van der Waals surface area contributed by atoms with E-state index in [2.05, 4.69) is 15.3 Å². The van der Waals surface area contributed by atoms with Crippen molar-refractivity contribution in [3.8, 4) is 0 Å². The lowest BCUT2D eigenvalue weighted by Gasteiger charge is -2.10. The van der Waals surface area contributed by atoms with Crippen molar-refractivity contribution in [1.82, 2.24) is 14.9 Å². The third-order valence-corrected chi connectivity index (χ3v) is 1.61. The van der Waals surface area contributed by atoms with E-state index in [9.17, 15) is 4.39 Å². The van der Waals surface area contributed by atoms with Gasteiger partial charge in [0.15, 0.2) is 11.6 Å². The minimum absolute atomic E-state index is 0.132. The zero-order valence-corrected chi connectivity index (χ0v) is 8.29. The molecule has 0 unspecified atom stereocenters. The molecule has 0 saturated carbocycles. The maximum Gasteiger partial charge on any atom is 0.224 e. The van der Waals surface area contributed by atoms with Crippen LogP contribution in [0.1, 0.15) is 0 Å². The molecule has 6 heteroatoms. The molecule has 0 atom stereocenters. The molecule has 78 valence electrons. The number of nitrogen functional groups attached to an aromatic ring is 1. The number of rotatable bonds is 4. The van der Waals surface area contributed by atoms with Gasteiger partial charge in [-0.2, -0.15) is 4.98 Å². The molecule has 0 aliphatic heterocycles. The van der Waals surface area contributed by atoms with Gasteiger partial charge in [-0.15, -0.1) is 0 Å². The van der Waals surface area contributed by atoms with Crippen molar-refractivity contribution in [2.75, 3.05) is 38.2 Å². The topological polar surface area (TPSA) is 67.1 Å². The number of nitrogens with two attached hydrogens (primary N) is 1. The molecule has 0 saturated heterocycles. The van der Waals surface area contributed by atoms with Crippen LogP contribution in [0.5, 0.6) is 0 Å². The van der Waals surface area contributed by atoms with Crippen LogP contribution in [-0.4, -0.2) is 42.1 Å². The smallest absolute Gasteiger partial charge is 0.224 e. The Morgan fingerprint density at radius 1 is 1.57 bits per heavy atom. The van der Waals surface area contributed by atoms with E-state index >= 15 is 0 Å². The van der Waals surface area contributed by atoms with Crippen LogP contribution in [0.15, 0.2) is 6.20 Å². The van der Waals surface area contributed by atoms with Crippen molar-refractivity contribution < 1.29 is 4.39 Å².